The summed E-state index contributed by atoms with van der Waals surface area (Å²) in [6.45, 7) is 2.01. The lowest BCUT2D eigenvalue weighted by molar-refractivity contribution is 0.0468. The molecule has 0 aliphatic heterocycles. The van der Waals surface area contributed by atoms with Crippen molar-refractivity contribution in [1.29, 1.82) is 0 Å². The first-order valence-electron chi connectivity index (χ1n) is 7.49. The molecule has 25 heavy (non-hydrogen) atoms. The zero-order valence-corrected chi connectivity index (χ0v) is 14.6. The number of imidazole rings is 1. The molecular formula is C17H17N3O4S. The van der Waals surface area contributed by atoms with Crippen molar-refractivity contribution in [3.63, 3.8) is 0 Å². The summed E-state index contributed by atoms with van der Waals surface area (Å²) in [7, 11) is -3.41. The molecule has 0 aliphatic rings. The van der Waals surface area contributed by atoms with Crippen molar-refractivity contribution in [2.24, 2.45) is 0 Å². The van der Waals surface area contributed by atoms with E-state index in [1.165, 1.54) is 6.07 Å². The van der Waals surface area contributed by atoms with E-state index in [2.05, 4.69) is 9.71 Å². The van der Waals surface area contributed by atoms with E-state index in [1.807, 2.05) is 29.7 Å². The number of carbonyl (C=O) groups excluding carboxylic acids is 1. The van der Waals surface area contributed by atoms with Crippen molar-refractivity contribution in [1.82, 2.24) is 9.38 Å². The van der Waals surface area contributed by atoms with Gasteiger partial charge in [0, 0.05) is 18.1 Å². The quantitative estimate of drug-likeness (QED) is 0.707. The first-order chi connectivity index (χ1) is 11.8. The maximum atomic E-state index is 12.2. The minimum Gasteiger partial charge on any atom is -0.456 e. The summed E-state index contributed by atoms with van der Waals surface area (Å²) in [6, 6.07) is 9.97. The highest BCUT2D eigenvalue weighted by Crippen LogP contribution is 2.14. The maximum Gasteiger partial charge on any atom is 0.338 e. The number of aryl methyl sites for hydroxylation is 1. The van der Waals surface area contributed by atoms with Gasteiger partial charge in [0.15, 0.2) is 0 Å². The fourth-order valence-electron chi connectivity index (χ4n) is 2.37. The van der Waals surface area contributed by atoms with Crippen LogP contribution in [0.4, 0.5) is 5.69 Å². The molecule has 0 atom stereocenters. The van der Waals surface area contributed by atoms with Crippen molar-refractivity contribution in [3.05, 3.63) is 65.6 Å². The SMILES string of the molecule is Cc1ccc2nc(COC(=O)c3cccc(NS(C)(=O)=O)c3)cn2c1. The number of nitrogens with one attached hydrogen (secondary N) is 1. The topological polar surface area (TPSA) is 89.8 Å². The van der Waals surface area contributed by atoms with Gasteiger partial charge >= 0.3 is 5.97 Å². The van der Waals surface area contributed by atoms with Crippen LogP contribution in [0.15, 0.2) is 48.8 Å². The predicted octanol–water partition coefficient (Wildman–Crippen LogP) is 2.37. The Morgan fingerprint density at radius 3 is 2.80 bits per heavy atom. The van der Waals surface area contributed by atoms with E-state index in [1.54, 1.807) is 24.4 Å². The van der Waals surface area contributed by atoms with Crippen LogP contribution >= 0.6 is 0 Å². The number of aromatic nitrogens is 2. The standard InChI is InChI=1S/C17H17N3O4S/c1-12-6-7-16-18-15(10-20(16)9-12)11-24-17(21)13-4-3-5-14(8-13)19-25(2,22)23/h3-10,19H,11H2,1-2H3. The second-order valence-corrected chi connectivity index (χ2v) is 7.48. The van der Waals surface area contributed by atoms with Crippen LogP contribution in [-0.2, 0) is 21.4 Å². The molecule has 0 aliphatic carbocycles. The van der Waals surface area contributed by atoms with Crippen molar-refractivity contribution < 1.29 is 17.9 Å². The number of sulfonamides is 1. The number of esters is 1. The molecule has 3 rings (SSSR count). The zero-order valence-electron chi connectivity index (χ0n) is 13.8. The van der Waals surface area contributed by atoms with Gasteiger partial charge in [-0.05, 0) is 36.8 Å². The van der Waals surface area contributed by atoms with Gasteiger partial charge in [0.1, 0.15) is 12.3 Å². The van der Waals surface area contributed by atoms with Gasteiger partial charge in [-0.15, -0.1) is 0 Å². The predicted molar refractivity (Wildman–Crippen MR) is 94.0 cm³/mol. The Balaban J connectivity index is 1.70. The molecule has 2 aromatic heterocycles. The summed E-state index contributed by atoms with van der Waals surface area (Å²) < 4.78 is 32.0. The van der Waals surface area contributed by atoms with E-state index in [0.29, 0.717) is 11.4 Å². The monoisotopic (exact) mass is 359 g/mol. The summed E-state index contributed by atoms with van der Waals surface area (Å²) in [5.74, 6) is -0.551. The van der Waals surface area contributed by atoms with Crippen LogP contribution in [0.3, 0.4) is 0 Å². The van der Waals surface area contributed by atoms with Gasteiger partial charge in [0.25, 0.3) is 0 Å². The number of ether oxygens (including phenoxy) is 1. The number of anilines is 1. The van der Waals surface area contributed by atoms with Gasteiger partial charge in [0.05, 0.1) is 17.5 Å². The van der Waals surface area contributed by atoms with Crippen molar-refractivity contribution >= 4 is 27.3 Å². The molecule has 0 radical (unpaired) electrons. The Kier molecular flexibility index (Phi) is 4.45. The van der Waals surface area contributed by atoms with Gasteiger partial charge in [-0.2, -0.15) is 0 Å². The second kappa shape index (κ2) is 6.56. The lowest BCUT2D eigenvalue weighted by atomic mass is 10.2. The van der Waals surface area contributed by atoms with Gasteiger partial charge in [0.2, 0.25) is 10.0 Å². The molecule has 1 aromatic carbocycles. The van der Waals surface area contributed by atoms with Crippen LogP contribution < -0.4 is 4.72 Å². The van der Waals surface area contributed by atoms with Crippen molar-refractivity contribution in [2.45, 2.75) is 13.5 Å². The summed E-state index contributed by atoms with van der Waals surface area (Å²) in [5.41, 5.74) is 3.07. The Labute approximate surface area is 145 Å². The van der Waals surface area contributed by atoms with Gasteiger partial charge in [-0.3, -0.25) is 4.72 Å². The van der Waals surface area contributed by atoms with E-state index >= 15 is 0 Å². The number of nitrogens with zero attached hydrogens (tertiary/aromatic N) is 2. The van der Waals surface area contributed by atoms with E-state index in [9.17, 15) is 13.2 Å². The minimum atomic E-state index is -3.41. The minimum absolute atomic E-state index is 0.0310. The van der Waals surface area contributed by atoms with E-state index in [4.69, 9.17) is 4.74 Å². The molecule has 0 saturated carbocycles. The van der Waals surface area contributed by atoms with Crippen LogP contribution in [0.2, 0.25) is 0 Å². The third-order valence-corrected chi connectivity index (χ3v) is 4.01. The van der Waals surface area contributed by atoms with E-state index in [0.717, 1.165) is 17.5 Å². The largest absolute Gasteiger partial charge is 0.456 e. The third-order valence-electron chi connectivity index (χ3n) is 3.40. The lowest BCUT2D eigenvalue weighted by Gasteiger charge is -2.06. The fourth-order valence-corrected chi connectivity index (χ4v) is 2.93. The molecule has 0 unspecified atom stereocenters. The van der Waals surface area contributed by atoms with Crippen molar-refractivity contribution in [2.75, 3.05) is 11.0 Å². The average molecular weight is 359 g/mol. The highest BCUT2D eigenvalue weighted by Gasteiger charge is 2.11. The lowest BCUT2D eigenvalue weighted by Crippen LogP contribution is -2.11. The maximum absolute atomic E-state index is 12.2. The van der Waals surface area contributed by atoms with Crippen LogP contribution in [0.5, 0.6) is 0 Å². The van der Waals surface area contributed by atoms with Crippen LogP contribution in [-0.4, -0.2) is 30.0 Å². The first-order valence-corrected chi connectivity index (χ1v) is 9.38. The number of hydrogen-bond acceptors (Lipinski definition) is 5. The molecule has 0 fully saturated rings. The molecule has 3 aromatic rings. The Hall–Kier alpha value is -2.87. The highest BCUT2D eigenvalue weighted by atomic mass is 32.2. The van der Waals surface area contributed by atoms with Gasteiger partial charge in [-0.25, -0.2) is 18.2 Å². The number of carbonyl (C=O) groups is 1. The molecule has 1 N–H and O–H groups in total. The molecule has 0 bridgehead atoms. The van der Waals surface area contributed by atoms with E-state index in [-0.39, 0.29) is 12.2 Å². The van der Waals surface area contributed by atoms with Crippen LogP contribution in [0.1, 0.15) is 21.6 Å². The molecule has 7 nitrogen and oxygen atoms in total. The van der Waals surface area contributed by atoms with Crippen molar-refractivity contribution in [3.8, 4) is 0 Å². The molecule has 8 heteroatoms. The van der Waals surface area contributed by atoms with E-state index < -0.39 is 16.0 Å². The summed E-state index contributed by atoms with van der Waals surface area (Å²) in [5, 5.41) is 0. The smallest absolute Gasteiger partial charge is 0.338 e. The summed E-state index contributed by atoms with van der Waals surface area (Å²) in [6.07, 6.45) is 4.79. The number of fused-ring (bicyclic) bond motifs is 1. The average Bonchev–Trinajstić information content (AvgIpc) is 2.93. The van der Waals surface area contributed by atoms with Gasteiger partial charge < -0.3 is 9.14 Å². The molecule has 0 amide bonds. The van der Waals surface area contributed by atoms with Crippen LogP contribution in [0, 0.1) is 6.92 Å². The third kappa shape index (κ3) is 4.36. The fraction of sp³-hybridized carbons (Fsp3) is 0.176. The molecule has 130 valence electrons. The first kappa shape index (κ1) is 17.0. The normalized spacial score (nSPS) is 11.4. The summed E-state index contributed by atoms with van der Waals surface area (Å²) in [4.78, 5) is 16.6. The van der Waals surface area contributed by atoms with Gasteiger partial charge in [-0.1, -0.05) is 12.1 Å². The highest BCUT2D eigenvalue weighted by molar-refractivity contribution is 7.92. The second-order valence-electron chi connectivity index (χ2n) is 5.74. The molecule has 0 spiro atoms. The Morgan fingerprint density at radius 2 is 2.04 bits per heavy atom. The number of hydrogen-bond donors (Lipinski definition) is 1. The zero-order chi connectivity index (χ0) is 18.0. The molecule has 2 heterocycles. The number of rotatable bonds is 5. The Bertz CT molecular complexity index is 1040. The number of pyridine rings is 1. The molecule has 0 saturated heterocycles. The Morgan fingerprint density at radius 1 is 1.24 bits per heavy atom. The summed E-state index contributed by atoms with van der Waals surface area (Å²) >= 11 is 0. The van der Waals surface area contributed by atoms with Crippen LogP contribution in [0.25, 0.3) is 5.65 Å². The molecular weight excluding hydrogens is 342 g/mol. The number of benzene rings is 1.